The molecular formula is C14H19N3O2. The second-order valence-corrected chi connectivity index (χ2v) is 4.78. The van der Waals surface area contributed by atoms with Gasteiger partial charge in [0.05, 0.1) is 0 Å². The molecule has 1 atom stereocenters. The van der Waals surface area contributed by atoms with Crippen LogP contribution in [0.15, 0.2) is 24.3 Å². The molecule has 0 aromatic heterocycles. The van der Waals surface area contributed by atoms with Crippen molar-refractivity contribution < 1.29 is 9.59 Å². The van der Waals surface area contributed by atoms with Crippen LogP contribution in [0.5, 0.6) is 0 Å². The van der Waals surface area contributed by atoms with Gasteiger partial charge in [0.25, 0.3) is 5.91 Å². The highest BCUT2D eigenvalue weighted by Gasteiger charge is 2.16. The number of hydrogen-bond donors (Lipinski definition) is 3. The first-order chi connectivity index (χ1) is 9.15. The molecule has 0 aliphatic carbocycles. The Morgan fingerprint density at radius 2 is 2.21 bits per heavy atom. The lowest BCUT2D eigenvalue weighted by molar-refractivity contribution is -0.114. The van der Waals surface area contributed by atoms with E-state index in [1.165, 1.54) is 6.92 Å². The molecule has 1 heterocycles. The highest BCUT2D eigenvalue weighted by molar-refractivity contribution is 5.96. The largest absolute Gasteiger partial charge is 0.348 e. The van der Waals surface area contributed by atoms with Crippen molar-refractivity contribution in [3.05, 3.63) is 29.8 Å². The minimum Gasteiger partial charge on any atom is -0.348 e. The van der Waals surface area contributed by atoms with Gasteiger partial charge in [0, 0.05) is 30.8 Å². The third kappa shape index (κ3) is 4.06. The van der Waals surface area contributed by atoms with Crippen LogP contribution in [-0.2, 0) is 4.79 Å². The smallest absolute Gasteiger partial charge is 0.251 e. The van der Waals surface area contributed by atoms with Crippen LogP contribution in [0.1, 0.15) is 30.1 Å². The summed E-state index contributed by atoms with van der Waals surface area (Å²) in [7, 11) is 0. The molecule has 0 bridgehead atoms. The fourth-order valence-corrected chi connectivity index (χ4v) is 2.19. The highest BCUT2D eigenvalue weighted by Crippen LogP contribution is 2.11. The van der Waals surface area contributed by atoms with E-state index in [1.54, 1.807) is 24.3 Å². The minimum atomic E-state index is -0.144. The predicted octanol–water partition coefficient (Wildman–Crippen LogP) is 1.13. The molecule has 19 heavy (non-hydrogen) atoms. The fraction of sp³-hybridized carbons (Fsp3) is 0.429. The van der Waals surface area contributed by atoms with Crippen molar-refractivity contribution in [1.29, 1.82) is 0 Å². The van der Waals surface area contributed by atoms with E-state index in [0.717, 1.165) is 25.9 Å². The van der Waals surface area contributed by atoms with Gasteiger partial charge in [0.1, 0.15) is 0 Å². The normalized spacial score (nSPS) is 18.7. The predicted molar refractivity (Wildman–Crippen MR) is 74.1 cm³/mol. The number of carbonyl (C=O) groups excluding carboxylic acids is 2. The van der Waals surface area contributed by atoms with Gasteiger partial charge in [-0.2, -0.15) is 0 Å². The Hall–Kier alpha value is -1.88. The summed E-state index contributed by atoms with van der Waals surface area (Å²) in [5, 5.41) is 8.93. The second kappa shape index (κ2) is 6.33. The topological polar surface area (TPSA) is 70.2 Å². The molecule has 0 spiro atoms. The molecule has 1 saturated heterocycles. The van der Waals surface area contributed by atoms with Crippen LogP contribution in [0, 0.1) is 0 Å². The first kappa shape index (κ1) is 13.5. The highest BCUT2D eigenvalue weighted by atomic mass is 16.2. The number of anilines is 1. The molecule has 1 aliphatic heterocycles. The minimum absolute atomic E-state index is 0.0964. The number of carbonyl (C=O) groups is 2. The summed E-state index contributed by atoms with van der Waals surface area (Å²) in [4.78, 5) is 23.1. The summed E-state index contributed by atoms with van der Waals surface area (Å²) in [5.74, 6) is -0.241. The van der Waals surface area contributed by atoms with Gasteiger partial charge in [-0.25, -0.2) is 0 Å². The Morgan fingerprint density at radius 1 is 1.37 bits per heavy atom. The standard InChI is InChI=1S/C14H19N3O2/c1-10(18)16-12-5-2-4-11(8-12)14(19)17-13-6-3-7-15-9-13/h2,4-5,8,13,15H,3,6-7,9H2,1H3,(H,16,18)(H,17,19)/t13-/m0/s1. The average molecular weight is 261 g/mol. The Morgan fingerprint density at radius 3 is 2.89 bits per heavy atom. The van der Waals surface area contributed by atoms with E-state index in [2.05, 4.69) is 16.0 Å². The Labute approximate surface area is 112 Å². The zero-order valence-electron chi connectivity index (χ0n) is 11.0. The maximum absolute atomic E-state index is 12.1. The second-order valence-electron chi connectivity index (χ2n) is 4.78. The third-order valence-corrected chi connectivity index (χ3v) is 3.08. The summed E-state index contributed by atoms with van der Waals surface area (Å²) >= 11 is 0. The van der Waals surface area contributed by atoms with E-state index in [0.29, 0.717) is 11.3 Å². The van der Waals surface area contributed by atoms with Crippen LogP contribution >= 0.6 is 0 Å². The molecule has 102 valence electrons. The molecule has 2 rings (SSSR count). The molecule has 1 aromatic carbocycles. The molecule has 1 aromatic rings. The van der Waals surface area contributed by atoms with E-state index in [4.69, 9.17) is 0 Å². The summed E-state index contributed by atoms with van der Waals surface area (Å²) in [6.07, 6.45) is 2.08. The molecule has 2 amide bonds. The fourth-order valence-electron chi connectivity index (χ4n) is 2.19. The first-order valence-electron chi connectivity index (χ1n) is 6.54. The summed E-state index contributed by atoms with van der Waals surface area (Å²) < 4.78 is 0. The number of piperidine rings is 1. The molecule has 1 aliphatic rings. The summed E-state index contributed by atoms with van der Waals surface area (Å²) in [6, 6.07) is 7.15. The molecule has 0 unspecified atom stereocenters. The van der Waals surface area contributed by atoms with Crippen LogP contribution < -0.4 is 16.0 Å². The lowest BCUT2D eigenvalue weighted by atomic mass is 10.1. The molecular weight excluding hydrogens is 242 g/mol. The van der Waals surface area contributed by atoms with Gasteiger partial charge < -0.3 is 16.0 Å². The summed E-state index contributed by atoms with van der Waals surface area (Å²) in [6.45, 7) is 3.28. The van der Waals surface area contributed by atoms with Crippen LogP contribution in [0.3, 0.4) is 0 Å². The van der Waals surface area contributed by atoms with Gasteiger partial charge in [-0.1, -0.05) is 6.07 Å². The van der Waals surface area contributed by atoms with E-state index in [-0.39, 0.29) is 17.9 Å². The number of benzene rings is 1. The lowest BCUT2D eigenvalue weighted by Crippen LogP contribution is -2.45. The van der Waals surface area contributed by atoms with Gasteiger partial charge in [0.15, 0.2) is 0 Å². The molecule has 5 nitrogen and oxygen atoms in total. The molecule has 0 radical (unpaired) electrons. The average Bonchev–Trinajstić information content (AvgIpc) is 2.39. The Kier molecular flexibility index (Phi) is 4.52. The number of nitrogens with one attached hydrogen (secondary N) is 3. The maximum atomic E-state index is 12.1. The zero-order chi connectivity index (χ0) is 13.7. The SMILES string of the molecule is CC(=O)Nc1cccc(C(=O)N[C@H]2CCCNC2)c1. The van der Waals surface area contributed by atoms with Crippen LogP contribution in [0.4, 0.5) is 5.69 Å². The van der Waals surface area contributed by atoms with E-state index < -0.39 is 0 Å². The van der Waals surface area contributed by atoms with Crippen molar-refractivity contribution in [3.8, 4) is 0 Å². The molecule has 0 saturated carbocycles. The van der Waals surface area contributed by atoms with Gasteiger partial charge in [0.2, 0.25) is 5.91 Å². The maximum Gasteiger partial charge on any atom is 0.251 e. The number of hydrogen-bond acceptors (Lipinski definition) is 3. The van der Waals surface area contributed by atoms with Crippen molar-refractivity contribution in [2.45, 2.75) is 25.8 Å². The van der Waals surface area contributed by atoms with Crippen molar-refractivity contribution in [1.82, 2.24) is 10.6 Å². The first-order valence-corrected chi connectivity index (χ1v) is 6.54. The molecule has 5 heteroatoms. The van der Waals surface area contributed by atoms with Crippen molar-refractivity contribution in [2.75, 3.05) is 18.4 Å². The molecule has 1 fully saturated rings. The summed E-state index contributed by atoms with van der Waals surface area (Å²) in [5.41, 5.74) is 1.21. The third-order valence-electron chi connectivity index (χ3n) is 3.08. The monoisotopic (exact) mass is 261 g/mol. The van der Waals surface area contributed by atoms with E-state index >= 15 is 0 Å². The quantitative estimate of drug-likeness (QED) is 0.764. The van der Waals surface area contributed by atoms with Gasteiger partial charge >= 0.3 is 0 Å². The van der Waals surface area contributed by atoms with Crippen molar-refractivity contribution >= 4 is 17.5 Å². The lowest BCUT2D eigenvalue weighted by Gasteiger charge is -2.23. The van der Waals surface area contributed by atoms with E-state index in [1.807, 2.05) is 0 Å². The van der Waals surface area contributed by atoms with Gasteiger partial charge in [-0.3, -0.25) is 9.59 Å². The van der Waals surface area contributed by atoms with Crippen LogP contribution in [0.2, 0.25) is 0 Å². The number of rotatable bonds is 3. The van der Waals surface area contributed by atoms with Crippen molar-refractivity contribution in [2.24, 2.45) is 0 Å². The van der Waals surface area contributed by atoms with Gasteiger partial charge in [-0.15, -0.1) is 0 Å². The van der Waals surface area contributed by atoms with Crippen LogP contribution in [-0.4, -0.2) is 30.9 Å². The molecule has 3 N–H and O–H groups in total. The number of amides is 2. The Bertz CT molecular complexity index is 468. The van der Waals surface area contributed by atoms with Gasteiger partial charge in [-0.05, 0) is 37.6 Å². The van der Waals surface area contributed by atoms with E-state index in [9.17, 15) is 9.59 Å². The zero-order valence-corrected chi connectivity index (χ0v) is 11.0. The van der Waals surface area contributed by atoms with Crippen LogP contribution in [0.25, 0.3) is 0 Å². The Balaban J connectivity index is 1.99. The van der Waals surface area contributed by atoms with Crippen molar-refractivity contribution in [3.63, 3.8) is 0 Å².